The monoisotopic (exact) mass is 197 g/mol. The van der Waals surface area contributed by atoms with E-state index < -0.39 is 0 Å². The van der Waals surface area contributed by atoms with Gasteiger partial charge in [0.25, 0.3) is 0 Å². The predicted octanol–water partition coefficient (Wildman–Crippen LogP) is 3.67. The Kier molecular flexibility index (Phi) is 2.55. The Labute approximate surface area is 90.8 Å². The van der Waals surface area contributed by atoms with Crippen LogP contribution in [0.1, 0.15) is 16.7 Å². The van der Waals surface area contributed by atoms with Crippen molar-refractivity contribution in [3.05, 3.63) is 53.2 Å². The molecule has 0 spiro atoms. The van der Waals surface area contributed by atoms with E-state index >= 15 is 0 Å². The van der Waals surface area contributed by atoms with Crippen LogP contribution in [0.15, 0.2) is 36.5 Å². The lowest BCUT2D eigenvalue weighted by Crippen LogP contribution is -1.94. The average Bonchev–Trinajstić information content (AvgIpc) is 2.27. The Balaban J connectivity index is 2.60. The maximum atomic E-state index is 4.51. The molecule has 0 unspecified atom stereocenters. The van der Waals surface area contributed by atoms with Crippen molar-refractivity contribution in [2.45, 2.75) is 20.8 Å². The normalized spacial score (nSPS) is 10.3. The number of aryl methyl sites for hydroxylation is 1. The largest absolute Gasteiger partial charge is 0.256 e. The highest BCUT2D eigenvalue weighted by Gasteiger charge is 2.06. The fourth-order valence-electron chi connectivity index (χ4n) is 1.72. The Hall–Kier alpha value is -1.63. The SMILES string of the molecule is Cc1cnc(-c2ccccc2)c(C)c1C. The van der Waals surface area contributed by atoms with E-state index in [2.05, 4.69) is 37.9 Å². The topological polar surface area (TPSA) is 12.9 Å². The molecule has 0 atom stereocenters. The van der Waals surface area contributed by atoms with E-state index in [9.17, 15) is 0 Å². The molecule has 0 saturated carbocycles. The third-order valence-corrected chi connectivity index (χ3v) is 2.94. The zero-order valence-electron chi connectivity index (χ0n) is 9.41. The van der Waals surface area contributed by atoms with Gasteiger partial charge >= 0.3 is 0 Å². The summed E-state index contributed by atoms with van der Waals surface area (Å²) in [6.07, 6.45) is 1.95. The van der Waals surface area contributed by atoms with Gasteiger partial charge in [-0.25, -0.2) is 0 Å². The second-order valence-corrected chi connectivity index (χ2v) is 3.91. The molecule has 0 fully saturated rings. The molecule has 1 aromatic heterocycles. The van der Waals surface area contributed by atoms with Gasteiger partial charge in [0.2, 0.25) is 0 Å². The number of aromatic nitrogens is 1. The van der Waals surface area contributed by atoms with E-state index in [4.69, 9.17) is 0 Å². The molecule has 0 aliphatic carbocycles. The minimum Gasteiger partial charge on any atom is -0.256 e. The maximum absolute atomic E-state index is 4.51. The molecule has 15 heavy (non-hydrogen) atoms. The molecular formula is C14H15N. The number of hydrogen-bond acceptors (Lipinski definition) is 1. The highest BCUT2D eigenvalue weighted by molar-refractivity contribution is 5.64. The van der Waals surface area contributed by atoms with Gasteiger partial charge in [-0.15, -0.1) is 0 Å². The van der Waals surface area contributed by atoms with Gasteiger partial charge in [-0.3, -0.25) is 4.98 Å². The minimum absolute atomic E-state index is 1.10. The number of rotatable bonds is 1. The lowest BCUT2D eigenvalue weighted by atomic mass is 10.0. The molecule has 0 amide bonds. The number of pyridine rings is 1. The first-order chi connectivity index (χ1) is 7.20. The van der Waals surface area contributed by atoms with Crippen molar-refractivity contribution in [2.75, 3.05) is 0 Å². The summed E-state index contributed by atoms with van der Waals surface area (Å²) in [4.78, 5) is 4.51. The Morgan fingerprint density at radius 1 is 0.867 bits per heavy atom. The molecule has 2 rings (SSSR count). The smallest absolute Gasteiger partial charge is 0.0733 e. The Morgan fingerprint density at radius 3 is 2.20 bits per heavy atom. The number of nitrogens with zero attached hydrogens (tertiary/aromatic N) is 1. The fraction of sp³-hybridized carbons (Fsp3) is 0.214. The molecule has 0 bridgehead atoms. The van der Waals surface area contributed by atoms with Crippen LogP contribution in [0.3, 0.4) is 0 Å². The van der Waals surface area contributed by atoms with Crippen LogP contribution in [0.2, 0.25) is 0 Å². The Morgan fingerprint density at radius 2 is 1.53 bits per heavy atom. The van der Waals surface area contributed by atoms with Crippen molar-refractivity contribution >= 4 is 0 Å². The molecule has 2 aromatic rings. The first kappa shape index (κ1) is 9.91. The molecule has 0 N–H and O–H groups in total. The van der Waals surface area contributed by atoms with Gasteiger partial charge in [0, 0.05) is 11.8 Å². The summed E-state index contributed by atoms with van der Waals surface area (Å²) in [6, 6.07) is 10.3. The maximum Gasteiger partial charge on any atom is 0.0733 e. The molecule has 0 radical (unpaired) electrons. The summed E-state index contributed by atoms with van der Waals surface area (Å²) in [5, 5.41) is 0. The van der Waals surface area contributed by atoms with E-state index in [-0.39, 0.29) is 0 Å². The number of benzene rings is 1. The van der Waals surface area contributed by atoms with Crippen LogP contribution in [-0.2, 0) is 0 Å². The fourth-order valence-corrected chi connectivity index (χ4v) is 1.72. The zero-order chi connectivity index (χ0) is 10.8. The van der Waals surface area contributed by atoms with Crippen molar-refractivity contribution in [1.29, 1.82) is 0 Å². The Bertz CT molecular complexity index is 472. The second-order valence-electron chi connectivity index (χ2n) is 3.91. The van der Waals surface area contributed by atoms with Crippen LogP contribution in [0.5, 0.6) is 0 Å². The van der Waals surface area contributed by atoms with Crippen LogP contribution in [0, 0.1) is 20.8 Å². The molecule has 76 valence electrons. The van der Waals surface area contributed by atoms with Crippen molar-refractivity contribution in [1.82, 2.24) is 4.98 Å². The van der Waals surface area contributed by atoms with Crippen LogP contribution in [-0.4, -0.2) is 4.98 Å². The summed E-state index contributed by atoms with van der Waals surface area (Å²) in [7, 11) is 0. The lowest BCUT2D eigenvalue weighted by Gasteiger charge is -2.09. The summed E-state index contributed by atoms with van der Waals surface area (Å²) in [5.74, 6) is 0. The number of hydrogen-bond donors (Lipinski definition) is 0. The highest BCUT2D eigenvalue weighted by Crippen LogP contribution is 2.24. The van der Waals surface area contributed by atoms with E-state index in [0.717, 1.165) is 5.69 Å². The lowest BCUT2D eigenvalue weighted by molar-refractivity contribution is 1.17. The van der Waals surface area contributed by atoms with Gasteiger partial charge in [0.05, 0.1) is 5.69 Å². The first-order valence-corrected chi connectivity index (χ1v) is 5.18. The van der Waals surface area contributed by atoms with Gasteiger partial charge in [-0.05, 0) is 37.5 Å². The molecular weight excluding hydrogens is 182 g/mol. The van der Waals surface area contributed by atoms with Crippen molar-refractivity contribution in [3.63, 3.8) is 0 Å². The zero-order valence-corrected chi connectivity index (χ0v) is 9.41. The van der Waals surface area contributed by atoms with Gasteiger partial charge in [0.15, 0.2) is 0 Å². The standard InChI is InChI=1S/C14H15N/c1-10-9-15-14(12(3)11(10)2)13-7-5-4-6-8-13/h4-9H,1-3H3. The molecule has 1 heterocycles. The molecule has 0 aliphatic heterocycles. The van der Waals surface area contributed by atoms with Gasteiger partial charge < -0.3 is 0 Å². The molecule has 1 heteroatoms. The summed E-state index contributed by atoms with van der Waals surface area (Å²) in [6.45, 7) is 6.39. The van der Waals surface area contributed by atoms with E-state index in [1.54, 1.807) is 0 Å². The van der Waals surface area contributed by atoms with E-state index in [1.807, 2.05) is 24.4 Å². The highest BCUT2D eigenvalue weighted by atomic mass is 14.7. The van der Waals surface area contributed by atoms with Crippen LogP contribution < -0.4 is 0 Å². The van der Waals surface area contributed by atoms with E-state index in [1.165, 1.54) is 22.3 Å². The van der Waals surface area contributed by atoms with Gasteiger partial charge in [0.1, 0.15) is 0 Å². The molecule has 0 saturated heterocycles. The van der Waals surface area contributed by atoms with Crippen LogP contribution in [0.4, 0.5) is 0 Å². The van der Waals surface area contributed by atoms with Crippen molar-refractivity contribution in [2.24, 2.45) is 0 Å². The average molecular weight is 197 g/mol. The van der Waals surface area contributed by atoms with Gasteiger partial charge in [-0.1, -0.05) is 30.3 Å². The van der Waals surface area contributed by atoms with Crippen LogP contribution in [0.25, 0.3) is 11.3 Å². The van der Waals surface area contributed by atoms with Crippen molar-refractivity contribution < 1.29 is 0 Å². The molecule has 1 aromatic carbocycles. The second kappa shape index (κ2) is 3.85. The van der Waals surface area contributed by atoms with Gasteiger partial charge in [-0.2, -0.15) is 0 Å². The van der Waals surface area contributed by atoms with E-state index in [0.29, 0.717) is 0 Å². The third-order valence-electron chi connectivity index (χ3n) is 2.94. The van der Waals surface area contributed by atoms with Crippen LogP contribution >= 0.6 is 0 Å². The molecule has 1 nitrogen and oxygen atoms in total. The predicted molar refractivity (Wildman–Crippen MR) is 63.9 cm³/mol. The quantitative estimate of drug-likeness (QED) is 0.679. The van der Waals surface area contributed by atoms with Crippen molar-refractivity contribution in [3.8, 4) is 11.3 Å². The summed E-state index contributed by atoms with van der Waals surface area (Å²) in [5.41, 5.74) is 6.16. The third kappa shape index (κ3) is 1.78. The minimum atomic E-state index is 1.10. The first-order valence-electron chi connectivity index (χ1n) is 5.18. The summed E-state index contributed by atoms with van der Waals surface area (Å²) >= 11 is 0. The summed E-state index contributed by atoms with van der Waals surface area (Å²) < 4.78 is 0. The molecule has 0 aliphatic rings.